The van der Waals surface area contributed by atoms with E-state index in [4.69, 9.17) is 4.42 Å². The lowest BCUT2D eigenvalue weighted by atomic mass is 9.98. The van der Waals surface area contributed by atoms with E-state index in [-0.39, 0.29) is 0 Å². The van der Waals surface area contributed by atoms with Crippen molar-refractivity contribution in [3.8, 4) is 22.3 Å². The first-order valence-corrected chi connectivity index (χ1v) is 19.0. The second kappa shape index (κ2) is 12.8. The minimum absolute atomic E-state index is 0.870. The Morgan fingerprint density at radius 1 is 0.382 bits per heavy atom. The monoisotopic (exact) mass is 701 g/mol. The molecule has 0 bridgehead atoms. The van der Waals surface area contributed by atoms with E-state index in [0.29, 0.717) is 0 Å². The Bertz CT molecular complexity index is 3100. The van der Waals surface area contributed by atoms with Gasteiger partial charge < -0.3 is 9.32 Å². The number of allylic oxidation sites excluding steroid dienone is 1. The van der Waals surface area contributed by atoms with Crippen LogP contribution in [0.3, 0.4) is 0 Å². The maximum atomic E-state index is 7.08. The van der Waals surface area contributed by atoms with Gasteiger partial charge in [-0.1, -0.05) is 152 Å². The smallest absolute Gasteiger partial charge is 0.159 e. The van der Waals surface area contributed by atoms with Crippen molar-refractivity contribution >= 4 is 72.2 Å². The van der Waals surface area contributed by atoms with Crippen molar-refractivity contribution in [3.05, 3.63) is 211 Å². The Balaban J connectivity index is 1.07. The van der Waals surface area contributed by atoms with E-state index in [1.807, 2.05) is 0 Å². The number of nitrogens with zero attached hydrogens (tertiary/aromatic N) is 1. The minimum Gasteiger partial charge on any atom is -0.453 e. The third kappa shape index (κ3) is 5.42. The molecule has 1 heterocycles. The molecular formula is C53H35NO. The van der Waals surface area contributed by atoms with Crippen molar-refractivity contribution in [1.29, 1.82) is 0 Å². The van der Waals surface area contributed by atoms with Crippen LogP contribution in [0.5, 0.6) is 0 Å². The van der Waals surface area contributed by atoms with Crippen molar-refractivity contribution in [2.24, 2.45) is 0 Å². The highest BCUT2D eigenvalue weighted by atomic mass is 16.3. The molecule has 2 nitrogen and oxygen atoms in total. The molecule has 9 aromatic carbocycles. The second-order valence-corrected chi connectivity index (χ2v) is 14.5. The molecule has 2 heteroatoms. The van der Waals surface area contributed by atoms with E-state index >= 15 is 0 Å². The molecule has 0 aliphatic heterocycles. The molecular weight excluding hydrogens is 667 g/mol. The molecule has 0 saturated carbocycles. The van der Waals surface area contributed by atoms with Crippen LogP contribution in [0, 0.1) is 0 Å². The molecule has 1 aliphatic rings. The summed E-state index contributed by atoms with van der Waals surface area (Å²) in [6, 6.07) is 70.0. The van der Waals surface area contributed by atoms with Crippen molar-refractivity contribution in [1.82, 2.24) is 0 Å². The van der Waals surface area contributed by atoms with Crippen LogP contribution in [0.1, 0.15) is 16.7 Å². The van der Waals surface area contributed by atoms with Crippen LogP contribution in [0.4, 0.5) is 17.1 Å². The minimum atomic E-state index is 0.870. The lowest BCUT2D eigenvalue weighted by Crippen LogP contribution is -2.10. The third-order valence-electron chi connectivity index (χ3n) is 11.3. The number of benzene rings is 9. The topological polar surface area (TPSA) is 16.4 Å². The van der Waals surface area contributed by atoms with Crippen LogP contribution in [-0.2, 0) is 6.42 Å². The average molecular weight is 702 g/mol. The van der Waals surface area contributed by atoms with Gasteiger partial charge in [-0.2, -0.15) is 0 Å². The molecule has 0 atom stereocenters. The molecule has 0 amide bonds. The Kier molecular flexibility index (Phi) is 7.28. The summed E-state index contributed by atoms with van der Waals surface area (Å²) in [5, 5.41) is 6.91. The number of furan rings is 1. The fourth-order valence-electron chi connectivity index (χ4n) is 8.44. The lowest BCUT2D eigenvalue weighted by molar-refractivity contribution is 0.673. The second-order valence-electron chi connectivity index (χ2n) is 14.5. The Labute approximate surface area is 319 Å². The van der Waals surface area contributed by atoms with Crippen LogP contribution in [0.25, 0.3) is 77.4 Å². The van der Waals surface area contributed by atoms with E-state index in [2.05, 4.69) is 205 Å². The Hall–Kier alpha value is -7.16. The largest absolute Gasteiger partial charge is 0.453 e. The van der Waals surface area contributed by atoms with Gasteiger partial charge in [-0.25, -0.2) is 0 Å². The fourth-order valence-corrected chi connectivity index (χ4v) is 8.44. The van der Waals surface area contributed by atoms with Gasteiger partial charge in [0.2, 0.25) is 0 Å². The summed E-state index contributed by atoms with van der Waals surface area (Å²) in [5.74, 6) is 0. The first-order valence-electron chi connectivity index (χ1n) is 19.0. The van der Waals surface area contributed by atoms with Crippen molar-refractivity contribution in [2.75, 3.05) is 4.90 Å². The van der Waals surface area contributed by atoms with Crippen molar-refractivity contribution < 1.29 is 4.42 Å². The van der Waals surface area contributed by atoms with Gasteiger partial charge in [0.15, 0.2) is 5.58 Å². The predicted octanol–water partition coefficient (Wildman–Crippen LogP) is 14.8. The van der Waals surface area contributed by atoms with Crippen molar-refractivity contribution in [2.45, 2.75) is 6.42 Å². The van der Waals surface area contributed by atoms with Gasteiger partial charge in [0, 0.05) is 27.5 Å². The number of fused-ring (bicyclic) bond motifs is 7. The first-order chi connectivity index (χ1) is 27.2. The van der Waals surface area contributed by atoms with Gasteiger partial charge in [0.1, 0.15) is 5.58 Å². The predicted molar refractivity (Wildman–Crippen MR) is 232 cm³/mol. The number of para-hydroxylation sites is 1. The lowest BCUT2D eigenvalue weighted by Gasteiger charge is -2.26. The molecule has 0 fully saturated rings. The number of hydrogen-bond donors (Lipinski definition) is 0. The van der Waals surface area contributed by atoms with Gasteiger partial charge in [0.05, 0.1) is 5.69 Å². The van der Waals surface area contributed by atoms with E-state index in [1.54, 1.807) is 0 Å². The van der Waals surface area contributed by atoms with Crippen LogP contribution in [-0.4, -0.2) is 0 Å². The van der Waals surface area contributed by atoms with E-state index in [9.17, 15) is 0 Å². The molecule has 0 N–H and O–H groups in total. The molecule has 0 saturated heterocycles. The van der Waals surface area contributed by atoms with Crippen LogP contribution in [0.15, 0.2) is 199 Å². The highest BCUT2D eigenvalue weighted by Gasteiger charge is 2.21. The van der Waals surface area contributed by atoms with Crippen LogP contribution in [0.2, 0.25) is 0 Å². The first kappa shape index (κ1) is 31.4. The van der Waals surface area contributed by atoms with Gasteiger partial charge in [-0.3, -0.25) is 0 Å². The van der Waals surface area contributed by atoms with Gasteiger partial charge >= 0.3 is 0 Å². The number of rotatable bonds is 6. The summed E-state index contributed by atoms with van der Waals surface area (Å²) < 4.78 is 7.08. The summed E-state index contributed by atoms with van der Waals surface area (Å²) in [4.78, 5) is 2.35. The fraction of sp³-hybridized carbons (Fsp3) is 0.0189. The van der Waals surface area contributed by atoms with Gasteiger partial charge in [-0.15, -0.1) is 0 Å². The highest BCUT2D eigenvalue weighted by molar-refractivity contribution is 6.18. The maximum absolute atomic E-state index is 7.08. The van der Waals surface area contributed by atoms with Gasteiger partial charge in [0.25, 0.3) is 0 Å². The molecule has 1 aromatic heterocycles. The molecule has 258 valence electrons. The van der Waals surface area contributed by atoms with E-state index < -0.39 is 0 Å². The zero-order chi connectivity index (χ0) is 36.3. The number of hydrogen-bond acceptors (Lipinski definition) is 2. The molecule has 0 unspecified atom stereocenters. The quantitative estimate of drug-likeness (QED) is 0.172. The Morgan fingerprint density at radius 3 is 1.82 bits per heavy atom. The zero-order valence-electron chi connectivity index (χ0n) is 30.1. The molecule has 11 rings (SSSR count). The van der Waals surface area contributed by atoms with E-state index in [1.165, 1.54) is 60.7 Å². The summed E-state index contributed by atoms with van der Waals surface area (Å²) in [6.45, 7) is 0. The molecule has 0 spiro atoms. The zero-order valence-corrected chi connectivity index (χ0v) is 30.1. The molecule has 0 radical (unpaired) electrons. The maximum Gasteiger partial charge on any atom is 0.159 e. The average Bonchev–Trinajstić information content (AvgIpc) is 3.87. The summed E-state index contributed by atoms with van der Waals surface area (Å²) >= 11 is 0. The van der Waals surface area contributed by atoms with E-state index in [0.717, 1.165) is 50.8 Å². The van der Waals surface area contributed by atoms with Gasteiger partial charge in [-0.05, 0) is 116 Å². The Morgan fingerprint density at radius 2 is 1.00 bits per heavy atom. The van der Waals surface area contributed by atoms with Crippen LogP contribution < -0.4 is 4.90 Å². The third-order valence-corrected chi connectivity index (χ3v) is 11.3. The summed E-state index contributed by atoms with van der Waals surface area (Å²) in [5.41, 5.74) is 15.0. The molecule has 1 aliphatic carbocycles. The number of anilines is 3. The standard InChI is InChI=1S/C53H35NO/c1-3-10-35(11-4-1)37-22-26-46(27-23-37)54(47-28-24-42-30-41(20-21-43(42)33-47)36-12-5-2-6-13-36)51-17-9-16-48-49-29-25-38-18-19-44(34-50(38)52(49)55-53(48)51)45-31-39-14-7-8-15-40(39)32-45/h1-31,33-34H,32H2. The van der Waals surface area contributed by atoms with Crippen molar-refractivity contribution in [3.63, 3.8) is 0 Å². The molecule has 10 aromatic rings. The summed E-state index contributed by atoms with van der Waals surface area (Å²) in [7, 11) is 0. The van der Waals surface area contributed by atoms with Crippen LogP contribution >= 0.6 is 0 Å². The molecule has 55 heavy (non-hydrogen) atoms. The normalized spacial score (nSPS) is 12.4. The summed E-state index contributed by atoms with van der Waals surface area (Å²) in [6.07, 6.45) is 3.28. The SMILES string of the molecule is C1=C(c2ccc3ccc4c5cccc(N(c6ccc(-c7ccccc7)cc6)c6ccc7cc(-c8ccccc8)ccc7c6)c5oc4c3c2)Cc2ccccc21. The highest BCUT2D eigenvalue weighted by Crippen LogP contribution is 2.45.